The lowest BCUT2D eigenvalue weighted by molar-refractivity contribution is -0.140. The number of carboxylic acid groups (broad SMARTS) is 1. The summed E-state index contributed by atoms with van der Waals surface area (Å²) >= 11 is 1.32. The summed E-state index contributed by atoms with van der Waals surface area (Å²) in [6.45, 7) is 4.15. The lowest BCUT2D eigenvalue weighted by atomic mass is 10.3. The number of aliphatic carboxylic acids is 1. The molecule has 3 atom stereocenters. The molecule has 19 heavy (non-hydrogen) atoms. The molecule has 2 heterocycles. The van der Waals surface area contributed by atoms with Crippen LogP contribution in [0.5, 0.6) is 0 Å². The number of hydrogen-bond donors (Lipinski definition) is 1. The second-order valence-electron chi connectivity index (χ2n) is 4.82. The molecule has 7 nitrogen and oxygen atoms in total. The maximum Gasteiger partial charge on any atom is 0.322 e. The van der Waals surface area contributed by atoms with E-state index in [2.05, 4.69) is 0 Å². The topological polar surface area (TPSA) is 87.2 Å². The molecule has 0 radical (unpaired) electrons. The van der Waals surface area contributed by atoms with Crippen molar-refractivity contribution in [2.75, 3.05) is 24.7 Å². The first-order chi connectivity index (χ1) is 8.82. The van der Waals surface area contributed by atoms with Crippen molar-refractivity contribution in [1.82, 2.24) is 8.61 Å². The molecule has 9 heteroatoms. The Hall–Kier alpha value is -0.350. The minimum absolute atomic E-state index is 0.183. The molecule has 2 aliphatic rings. The molecule has 0 aliphatic carbocycles. The first kappa shape index (κ1) is 15.0. The zero-order chi connectivity index (χ0) is 14.2. The summed E-state index contributed by atoms with van der Waals surface area (Å²) in [7, 11) is -3.74. The van der Waals surface area contributed by atoms with Crippen LogP contribution in [0.2, 0.25) is 0 Å². The summed E-state index contributed by atoms with van der Waals surface area (Å²) in [4.78, 5) is 11.1. The van der Waals surface area contributed by atoms with Gasteiger partial charge in [0.2, 0.25) is 0 Å². The Labute approximate surface area is 117 Å². The molecule has 0 bridgehead atoms. The van der Waals surface area contributed by atoms with Crippen LogP contribution in [0.4, 0.5) is 0 Å². The molecule has 0 saturated carbocycles. The highest BCUT2D eigenvalue weighted by Crippen LogP contribution is 2.27. The fourth-order valence-corrected chi connectivity index (χ4v) is 5.76. The monoisotopic (exact) mass is 310 g/mol. The molecule has 0 aromatic carbocycles. The summed E-state index contributed by atoms with van der Waals surface area (Å²) in [6, 6.07) is -0.969. The highest BCUT2D eigenvalue weighted by molar-refractivity contribution is 8.00. The second-order valence-corrected chi connectivity index (χ2v) is 7.70. The minimum Gasteiger partial charge on any atom is -0.480 e. The van der Waals surface area contributed by atoms with Gasteiger partial charge in [0.25, 0.3) is 10.2 Å². The molecular weight excluding hydrogens is 292 g/mol. The molecule has 0 amide bonds. The van der Waals surface area contributed by atoms with Crippen LogP contribution in [-0.4, -0.2) is 71.1 Å². The van der Waals surface area contributed by atoms with Crippen LogP contribution in [0, 0.1) is 0 Å². The van der Waals surface area contributed by atoms with E-state index in [9.17, 15) is 13.2 Å². The first-order valence-corrected chi connectivity index (χ1v) is 8.60. The molecule has 0 spiro atoms. The van der Waals surface area contributed by atoms with Gasteiger partial charge in [0.1, 0.15) is 6.04 Å². The molecule has 0 aromatic rings. The Balaban J connectivity index is 2.19. The van der Waals surface area contributed by atoms with Gasteiger partial charge in [0.05, 0.1) is 18.1 Å². The molecule has 110 valence electrons. The third kappa shape index (κ3) is 3.05. The zero-order valence-electron chi connectivity index (χ0n) is 10.9. The molecule has 2 unspecified atom stereocenters. The third-order valence-corrected chi connectivity index (χ3v) is 6.24. The predicted molar refractivity (Wildman–Crippen MR) is 71.1 cm³/mol. The van der Waals surface area contributed by atoms with Crippen molar-refractivity contribution >= 4 is 27.9 Å². The number of thioether (sulfide) groups is 1. The van der Waals surface area contributed by atoms with Gasteiger partial charge < -0.3 is 9.84 Å². The van der Waals surface area contributed by atoms with Crippen molar-refractivity contribution < 1.29 is 23.1 Å². The van der Waals surface area contributed by atoms with Gasteiger partial charge in [-0.25, -0.2) is 0 Å². The van der Waals surface area contributed by atoms with Gasteiger partial charge in [0.15, 0.2) is 0 Å². The second kappa shape index (κ2) is 5.57. The van der Waals surface area contributed by atoms with E-state index in [0.29, 0.717) is 5.75 Å². The Morgan fingerprint density at radius 3 is 2.42 bits per heavy atom. The average molecular weight is 310 g/mol. The highest BCUT2D eigenvalue weighted by Gasteiger charge is 2.43. The van der Waals surface area contributed by atoms with Gasteiger partial charge in [0, 0.05) is 18.8 Å². The summed E-state index contributed by atoms with van der Waals surface area (Å²) in [5.74, 6) is -0.605. The van der Waals surface area contributed by atoms with Crippen LogP contribution in [0.25, 0.3) is 0 Å². The van der Waals surface area contributed by atoms with Crippen molar-refractivity contribution in [3.05, 3.63) is 0 Å². The first-order valence-electron chi connectivity index (χ1n) is 6.05. The number of ether oxygens (including phenoxy) is 1. The van der Waals surface area contributed by atoms with E-state index >= 15 is 0 Å². The van der Waals surface area contributed by atoms with Crippen LogP contribution in [0.15, 0.2) is 0 Å². The lowest BCUT2D eigenvalue weighted by Crippen LogP contribution is -2.55. The fourth-order valence-electron chi connectivity index (χ4n) is 2.32. The number of carboxylic acids is 1. The van der Waals surface area contributed by atoms with E-state index in [1.807, 2.05) is 13.8 Å². The quantitative estimate of drug-likeness (QED) is 0.777. The Bertz CT molecular complexity index is 445. The minimum atomic E-state index is -3.74. The summed E-state index contributed by atoms with van der Waals surface area (Å²) in [5, 5.41) is 9.09. The van der Waals surface area contributed by atoms with E-state index in [1.165, 1.54) is 16.1 Å². The Kier molecular flexibility index (Phi) is 4.41. The van der Waals surface area contributed by atoms with E-state index in [1.54, 1.807) is 0 Å². The number of hydrogen-bond acceptors (Lipinski definition) is 5. The number of nitrogens with zero attached hydrogens (tertiary/aromatic N) is 2. The van der Waals surface area contributed by atoms with E-state index in [0.717, 1.165) is 4.31 Å². The zero-order valence-corrected chi connectivity index (χ0v) is 12.5. The van der Waals surface area contributed by atoms with Crippen LogP contribution >= 0.6 is 11.8 Å². The molecule has 2 aliphatic heterocycles. The molecule has 2 fully saturated rings. The van der Waals surface area contributed by atoms with Gasteiger partial charge in [-0.2, -0.15) is 17.0 Å². The highest BCUT2D eigenvalue weighted by atomic mass is 32.2. The maximum absolute atomic E-state index is 12.5. The van der Waals surface area contributed by atoms with Gasteiger partial charge in [-0.15, -0.1) is 11.8 Å². The van der Waals surface area contributed by atoms with Crippen LogP contribution in [0.3, 0.4) is 0 Å². The van der Waals surface area contributed by atoms with Crippen molar-refractivity contribution in [2.24, 2.45) is 0 Å². The molecule has 2 rings (SSSR count). The molecular formula is C10H18N2O5S2. The van der Waals surface area contributed by atoms with Gasteiger partial charge in [-0.1, -0.05) is 0 Å². The predicted octanol–water partition coefficient (Wildman–Crippen LogP) is -0.200. The Morgan fingerprint density at radius 2 is 1.89 bits per heavy atom. The van der Waals surface area contributed by atoms with E-state index in [4.69, 9.17) is 9.84 Å². The van der Waals surface area contributed by atoms with Crippen LogP contribution in [-0.2, 0) is 19.7 Å². The lowest BCUT2D eigenvalue weighted by Gasteiger charge is -2.37. The van der Waals surface area contributed by atoms with Crippen molar-refractivity contribution in [3.8, 4) is 0 Å². The molecule has 1 N–H and O–H groups in total. The van der Waals surface area contributed by atoms with Crippen molar-refractivity contribution in [1.29, 1.82) is 0 Å². The average Bonchev–Trinajstić information content (AvgIpc) is 2.76. The maximum atomic E-state index is 12.5. The fraction of sp³-hybridized carbons (Fsp3) is 0.900. The van der Waals surface area contributed by atoms with Crippen LogP contribution < -0.4 is 0 Å². The van der Waals surface area contributed by atoms with Gasteiger partial charge in [-0.3, -0.25) is 4.79 Å². The normalized spacial score (nSPS) is 34.5. The number of rotatable bonds is 3. The molecule has 2 saturated heterocycles. The van der Waals surface area contributed by atoms with Crippen molar-refractivity contribution in [2.45, 2.75) is 32.1 Å². The SMILES string of the molecule is CC1CN(S(=O)(=O)N2CSC[C@H]2C(=O)O)CC(C)O1. The number of carbonyl (C=O) groups is 1. The Morgan fingerprint density at radius 1 is 1.32 bits per heavy atom. The smallest absolute Gasteiger partial charge is 0.322 e. The van der Waals surface area contributed by atoms with Gasteiger partial charge >= 0.3 is 5.97 Å². The third-order valence-electron chi connectivity index (χ3n) is 3.14. The standard InChI is InChI=1S/C10H18N2O5S2/c1-7-3-11(4-8(2)17-7)19(15,16)12-6-18-5-9(12)10(13)14/h7-9H,3-6H2,1-2H3,(H,13,14)/t7?,8?,9-/m0/s1. The van der Waals surface area contributed by atoms with E-state index < -0.39 is 22.2 Å². The largest absolute Gasteiger partial charge is 0.480 e. The van der Waals surface area contributed by atoms with E-state index in [-0.39, 0.29) is 31.2 Å². The van der Waals surface area contributed by atoms with Crippen molar-refractivity contribution in [3.63, 3.8) is 0 Å². The summed E-state index contributed by atoms with van der Waals surface area (Å²) in [6.07, 6.45) is -0.367. The van der Waals surface area contributed by atoms with Gasteiger partial charge in [-0.05, 0) is 13.8 Å². The number of morpholine rings is 1. The van der Waals surface area contributed by atoms with Crippen LogP contribution in [0.1, 0.15) is 13.8 Å². The summed E-state index contributed by atoms with van der Waals surface area (Å²) in [5.41, 5.74) is 0. The molecule has 0 aromatic heterocycles. The summed E-state index contributed by atoms with van der Waals surface area (Å²) < 4.78 is 32.9.